The van der Waals surface area contributed by atoms with Gasteiger partial charge in [-0.15, -0.1) is 0 Å². The van der Waals surface area contributed by atoms with Gasteiger partial charge < -0.3 is 9.90 Å². The van der Waals surface area contributed by atoms with Crippen LogP contribution < -0.4 is 5.11 Å². The van der Waals surface area contributed by atoms with Crippen molar-refractivity contribution in [1.82, 2.24) is 0 Å². The first-order valence-corrected chi connectivity index (χ1v) is 4.20. The zero-order valence-electron chi connectivity index (χ0n) is 7.49. The van der Waals surface area contributed by atoms with Crippen molar-refractivity contribution in [2.45, 2.75) is 13.3 Å². The molecule has 2 heteroatoms. The maximum atomic E-state index is 10.1. The van der Waals surface area contributed by atoms with E-state index in [0.29, 0.717) is 0 Å². The van der Waals surface area contributed by atoms with E-state index < -0.39 is 5.97 Å². The molecule has 0 atom stereocenters. The number of aliphatic carboxylic acids is 1. The molecule has 0 unspecified atom stereocenters. The molecule has 0 saturated carbocycles. The highest BCUT2D eigenvalue weighted by Crippen LogP contribution is 2.06. The average Bonchev–Trinajstić information content (AvgIpc) is 2.15. The van der Waals surface area contributed by atoms with Crippen molar-refractivity contribution in [3.8, 4) is 0 Å². The predicted octanol–water partition coefficient (Wildman–Crippen LogP) is 1.01. The van der Waals surface area contributed by atoms with Crippen LogP contribution in [-0.2, 0) is 11.2 Å². The third-order valence-corrected chi connectivity index (χ3v) is 1.80. The Bertz CT molecular complexity index is 309. The summed E-state index contributed by atoms with van der Waals surface area (Å²) in [4.78, 5) is 10.1. The van der Waals surface area contributed by atoms with Gasteiger partial charge in [0.25, 0.3) is 0 Å². The third-order valence-electron chi connectivity index (χ3n) is 1.80. The van der Waals surface area contributed by atoms with Crippen molar-refractivity contribution in [2.24, 2.45) is 0 Å². The Morgan fingerprint density at radius 3 is 2.46 bits per heavy atom. The summed E-state index contributed by atoms with van der Waals surface area (Å²) in [6, 6.07) is 7.74. The van der Waals surface area contributed by atoms with Crippen LogP contribution in [0.25, 0.3) is 6.08 Å². The zero-order valence-corrected chi connectivity index (χ0v) is 7.49. The van der Waals surface area contributed by atoms with E-state index in [-0.39, 0.29) is 0 Å². The van der Waals surface area contributed by atoms with Gasteiger partial charge in [-0.2, -0.15) is 0 Å². The van der Waals surface area contributed by atoms with E-state index >= 15 is 0 Å². The van der Waals surface area contributed by atoms with Crippen LogP contribution in [0, 0.1) is 0 Å². The highest BCUT2D eigenvalue weighted by Gasteiger charge is 1.88. The van der Waals surface area contributed by atoms with Gasteiger partial charge in [-0.05, 0) is 23.6 Å². The molecule has 1 rings (SSSR count). The predicted molar refractivity (Wildman–Crippen MR) is 49.9 cm³/mol. The minimum Gasteiger partial charge on any atom is -0.545 e. The molecule has 0 bridgehead atoms. The second-order valence-electron chi connectivity index (χ2n) is 2.75. The van der Waals surface area contributed by atoms with Gasteiger partial charge in [0.2, 0.25) is 0 Å². The number of rotatable bonds is 3. The molecule has 0 heterocycles. The van der Waals surface area contributed by atoms with Crippen LogP contribution in [0.3, 0.4) is 0 Å². The van der Waals surface area contributed by atoms with Gasteiger partial charge in [0.1, 0.15) is 0 Å². The van der Waals surface area contributed by atoms with E-state index in [9.17, 15) is 9.90 Å². The minimum absolute atomic E-state index is 0.876. The van der Waals surface area contributed by atoms with E-state index in [0.717, 1.165) is 18.1 Å². The Morgan fingerprint density at radius 1 is 1.38 bits per heavy atom. The number of benzene rings is 1. The lowest BCUT2D eigenvalue weighted by Gasteiger charge is -1.97. The molecule has 0 amide bonds. The van der Waals surface area contributed by atoms with E-state index in [1.54, 1.807) is 0 Å². The zero-order chi connectivity index (χ0) is 9.68. The Balaban J connectivity index is 2.75. The number of hydrogen-bond donors (Lipinski definition) is 0. The summed E-state index contributed by atoms with van der Waals surface area (Å²) in [7, 11) is 0. The standard InChI is InChI=1S/C11H12O2/c1-2-9-3-5-10(6-4-9)7-8-11(12)13/h3-8H,2H2,1H3,(H,12,13)/p-1/b8-7+. The van der Waals surface area contributed by atoms with Crippen LogP contribution in [0.1, 0.15) is 18.1 Å². The summed E-state index contributed by atoms with van der Waals surface area (Å²) in [6.45, 7) is 2.08. The van der Waals surface area contributed by atoms with Gasteiger partial charge in [-0.3, -0.25) is 0 Å². The molecule has 0 aliphatic rings. The van der Waals surface area contributed by atoms with E-state index in [1.807, 2.05) is 24.3 Å². The maximum Gasteiger partial charge on any atom is 0.0643 e. The van der Waals surface area contributed by atoms with Crippen LogP contribution in [0.15, 0.2) is 30.3 Å². The lowest BCUT2D eigenvalue weighted by molar-refractivity contribution is -0.297. The second kappa shape index (κ2) is 4.45. The smallest absolute Gasteiger partial charge is 0.0643 e. The number of carbonyl (C=O) groups excluding carboxylic acids is 1. The molecule has 0 N–H and O–H groups in total. The van der Waals surface area contributed by atoms with E-state index in [1.165, 1.54) is 11.6 Å². The number of carbonyl (C=O) groups is 1. The number of hydrogen-bond acceptors (Lipinski definition) is 2. The highest BCUT2D eigenvalue weighted by molar-refractivity contribution is 5.83. The molecule has 1 aromatic carbocycles. The van der Waals surface area contributed by atoms with Gasteiger partial charge in [0.15, 0.2) is 0 Å². The Morgan fingerprint density at radius 2 is 2.00 bits per heavy atom. The normalized spacial score (nSPS) is 10.5. The lowest BCUT2D eigenvalue weighted by atomic mass is 10.1. The molecule has 0 aliphatic carbocycles. The van der Waals surface area contributed by atoms with Crippen molar-refractivity contribution in [2.75, 3.05) is 0 Å². The van der Waals surface area contributed by atoms with Gasteiger partial charge in [0, 0.05) is 0 Å². The molecule has 0 radical (unpaired) electrons. The van der Waals surface area contributed by atoms with Crippen molar-refractivity contribution < 1.29 is 9.90 Å². The van der Waals surface area contributed by atoms with Crippen LogP contribution in [0.2, 0.25) is 0 Å². The van der Waals surface area contributed by atoms with Crippen molar-refractivity contribution in [1.29, 1.82) is 0 Å². The van der Waals surface area contributed by atoms with E-state index in [2.05, 4.69) is 6.92 Å². The number of aryl methyl sites for hydroxylation is 1. The van der Waals surface area contributed by atoms with Crippen LogP contribution in [0.5, 0.6) is 0 Å². The first-order valence-electron chi connectivity index (χ1n) is 4.20. The molecule has 68 valence electrons. The molecular weight excluding hydrogens is 164 g/mol. The fourth-order valence-corrected chi connectivity index (χ4v) is 1.03. The number of carboxylic acid groups (broad SMARTS) is 1. The Labute approximate surface area is 77.5 Å². The molecular formula is C11H11O2-. The van der Waals surface area contributed by atoms with Crippen LogP contribution >= 0.6 is 0 Å². The van der Waals surface area contributed by atoms with Gasteiger partial charge in [-0.1, -0.05) is 37.3 Å². The van der Waals surface area contributed by atoms with Gasteiger partial charge >= 0.3 is 0 Å². The SMILES string of the molecule is CCc1ccc(/C=C/C(=O)[O-])cc1. The average molecular weight is 175 g/mol. The maximum absolute atomic E-state index is 10.1. The fraction of sp³-hybridized carbons (Fsp3) is 0.182. The van der Waals surface area contributed by atoms with Gasteiger partial charge in [0.05, 0.1) is 5.97 Å². The first-order chi connectivity index (χ1) is 6.22. The summed E-state index contributed by atoms with van der Waals surface area (Å²) in [5.74, 6) is -1.17. The van der Waals surface area contributed by atoms with Crippen molar-refractivity contribution in [3.05, 3.63) is 41.5 Å². The second-order valence-corrected chi connectivity index (χ2v) is 2.75. The monoisotopic (exact) mass is 175 g/mol. The minimum atomic E-state index is -1.17. The van der Waals surface area contributed by atoms with Crippen LogP contribution in [0.4, 0.5) is 0 Å². The summed E-state index contributed by atoms with van der Waals surface area (Å²) in [5.41, 5.74) is 2.12. The Kier molecular flexibility index (Phi) is 3.26. The molecule has 0 aromatic heterocycles. The molecule has 2 nitrogen and oxygen atoms in total. The fourth-order valence-electron chi connectivity index (χ4n) is 1.03. The quantitative estimate of drug-likeness (QED) is 0.643. The molecule has 0 saturated heterocycles. The molecule has 0 spiro atoms. The summed E-state index contributed by atoms with van der Waals surface area (Å²) in [6.07, 6.45) is 3.54. The largest absolute Gasteiger partial charge is 0.545 e. The van der Waals surface area contributed by atoms with Crippen molar-refractivity contribution in [3.63, 3.8) is 0 Å². The molecule has 0 aliphatic heterocycles. The third kappa shape index (κ3) is 3.11. The molecule has 0 fully saturated rings. The summed E-state index contributed by atoms with van der Waals surface area (Å²) in [5, 5.41) is 10.1. The number of carboxylic acids is 1. The topological polar surface area (TPSA) is 40.1 Å². The van der Waals surface area contributed by atoms with Crippen LogP contribution in [-0.4, -0.2) is 5.97 Å². The highest BCUT2D eigenvalue weighted by atomic mass is 16.4. The molecule has 1 aromatic rings. The van der Waals surface area contributed by atoms with Gasteiger partial charge in [-0.25, -0.2) is 0 Å². The van der Waals surface area contributed by atoms with Crippen molar-refractivity contribution >= 4 is 12.0 Å². The molecule has 13 heavy (non-hydrogen) atoms. The summed E-state index contributed by atoms with van der Waals surface area (Å²) < 4.78 is 0. The van der Waals surface area contributed by atoms with E-state index in [4.69, 9.17) is 0 Å². The summed E-state index contributed by atoms with van der Waals surface area (Å²) >= 11 is 0. The first kappa shape index (κ1) is 9.52. The Hall–Kier alpha value is -1.57. The lowest BCUT2D eigenvalue weighted by Crippen LogP contribution is -2.18.